The number of carbonyl (C=O) groups is 1. The zero-order chi connectivity index (χ0) is 11.8. The van der Waals surface area contributed by atoms with Gasteiger partial charge < -0.3 is 0 Å². The lowest BCUT2D eigenvalue weighted by atomic mass is 9.95. The monoisotopic (exact) mass is 206 g/mol. The Kier molecular flexibility index (Phi) is 6.68. The van der Waals surface area contributed by atoms with Crippen LogP contribution in [0.1, 0.15) is 40.5 Å². The first-order chi connectivity index (χ1) is 7.02. The highest BCUT2D eigenvalue weighted by Crippen LogP contribution is 2.15. The standard InChI is InChI=1S/C14H22O/c1-6-8-9-13(11(3)4)10-14(15)12(5)7-2/h6,8-9,12H,1,7,10H2,2-5H3/b9-8-. The molecule has 0 saturated heterocycles. The topological polar surface area (TPSA) is 17.1 Å². The molecule has 0 N–H and O–H groups in total. The lowest BCUT2D eigenvalue weighted by Crippen LogP contribution is -2.10. The first kappa shape index (κ1) is 13.9. The van der Waals surface area contributed by atoms with E-state index in [4.69, 9.17) is 0 Å². The highest BCUT2D eigenvalue weighted by Gasteiger charge is 2.11. The Morgan fingerprint density at radius 1 is 1.40 bits per heavy atom. The van der Waals surface area contributed by atoms with Crippen molar-refractivity contribution >= 4 is 5.78 Å². The Bertz CT molecular complexity index is 278. The highest BCUT2D eigenvalue weighted by molar-refractivity contribution is 5.83. The number of allylic oxidation sites excluding steroid dienone is 5. The van der Waals surface area contributed by atoms with Crippen LogP contribution in [0.15, 0.2) is 36.0 Å². The maximum Gasteiger partial charge on any atom is 0.140 e. The van der Waals surface area contributed by atoms with Crippen LogP contribution in [0.2, 0.25) is 0 Å². The molecule has 0 aliphatic heterocycles. The summed E-state index contributed by atoms with van der Waals surface area (Å²) < 4.78 is 0. The van der Waals surface area contributed by atoms with E-state index in [1.807, 2.05) is 39.8 Å². The Labute approximate surface area is 93.6 Å². The van der Waals surface area contributed by atoms with E-state index >= 15 is 0 Å². The largest absolute Gasteiger partial charge is 0.299 e. The van der Waals surface area contributed by atoms with Gasteiger partial charge in [0.05, 0.1) is 0 Å². The van der Waals surface area contributed by atoms with Crippen LogP contribution < -0.4 is 0 Å². The molecule has 0 aliphatic rings. The van der Waals surface area contributed by atoms with Gasteiger partial charge in [-0.25, -0.2) is 0 Å². The van der Waals surface area contributed by atoms with Gasteiger partial charge >= 0.3 is 0 Å². The zero-order valence-corrected chi connectivity index (χ0v) is 10.3. The predicted molar refractivity (Wildman–Crippen MR) is 66.8 cm³/mol. The number of ketones is 1. The van der Waals surface area contributed by atoms with Crippen LogP contribution >= 0.6 is 0 Å². The van der Waals surface area contributed by atoms with Crippen molar-refractivity contribution in [2.45, 2.75) is 40.5 Å². The van der Waals surface area contributed by atoms with Gasteiger partial charge in [0.15, 0.2) is 0 Å². The third-order valence-corrected chi connectivity index (χ3v) is 2.60. The van der Waals surface area contributed by atoms with Gasteiger partial charge in [0.2, 0.25) is 0 Å². The van der Waals surface area contributed by atoms with Gasteiger partial charge in [-0.05, 0) is 25.8 Å². The van der Waals surface area contributed by atoms with Crippen molar-refractivity contribution in [2.24, 2.45) is 5.92 Å². The van der Waals surface area contributed by atoms with Crippen LogP contribution in [0.4, 0.5) is 0 Å². The first-order valence-corrected chi connectivity index (χ1v) is 5.51. The molecular weight excluding hydrogens is 184 g/mol. The Morgan fingerprint density at radius 2 is 2.00 bits per heavy atom. The smallest absolute Gasteiger partial charge is 0.140 e. The second kappa shape index (κ2) is 7.22. The highest BCUT2D eigenvalue weighted by atomic mass is 16.1. The van der Waals surface area contributed by atoms with Crippen LogP contribution in [-0.4, -0.2) is 5.78 Å². The molecule has 84 valence electrons. The molecule has 0 spiro atoms. The van der Waals surface area contributed by atoms with E-state index < -0.39 is 0 Å². The third-order valence-electron chi connectivity index (χ3n) is 2.60. The molecule has 0 amide bonds. The van der Waals surface area contributed by atoms with Gasteiger partial charge in [-0.3, -0.25) is 4.79 Å². The first-order valence-electron chi connectivity index (χ1n) is 5.51. The SMILES string of the molecule is C=C/C=C\C(CC(=O)C(C)CC)=C(C)C. The number of hydrogen-bond acceptors (Lipinski definition) is 1. The van der Waals surface area contributed by atoms with Crippen molar-refractivity contribution < 1.29 is 4.79 Å². The summed E-state index contributed by atoms with van der Waals surface area (Å²) in [4.78, 5) is 11.8. The maximum atomic E-state index is 11.8. The van der Waals surface area contributed by atoms with Crippen molar-refractivity contribution in [3.8, 4) is 0 Å². The lowest BCUT2D eigenvalue weighted by molar-refractivity contribution is -0.121. The Balaban J connectivity index is 4.58. The molecule has 1 heteroatoms. The summed E-state index contributed by atoms with van der Waals surface area (Å²) in [7, 11) is 0. The van der Waals surface area contributed by atoms with Crippen molar-refractivity contribution in [3.63, 3.8) is 0 Å². The molecule has 0 saturated carbocycles. The molecule has 0 heterocycles. The molecule has 15 heavy (non-hydrogen) atoms. The minimum atomic E-state index is 0.163. The molecule has 0 bridgehead atoms. The molecule has 0 aromatic rings. The second-order valence-corrected chi connectivity index (χ2v) is 4.07. The van der Waals surface area contributed by atoms with Crippen LogP contribution in [0, 0.1) is 5.92 Å². The van der Waals surface area contributed by atoms with E-state index in [0.717, 1.165) is 12.0 Å². The molecular formula is C14H22O. The summed E-state index contributed by atoms with van der Waals surface area (Å²) >= 11 is 0. The Hall–Kier alpha value is -1.11. The lowest BCUT2D eigenvalue weighted by Gasteiger charge is -2.09. The summed E-state index contributed by atoms with van der Waals surface area (Å²) in [6, 6.07) is 0. The minimum absolute atomic E-state index is 0.163. The molecule has 1 unspecified atom stereocenters. The van der Waals surface area contributed by atoms with E-state index in [1.165, 1.54) is 5.57 Å². The number of carbonyl (C=O) groups excluding carboxylic acids is 1. The van der Waals surface area contributed by atoms with Gasteiger partial charge in [-0.1, -0.05) is 44.2 Å². The fraction of sp³-hybridized carbons (Fsp3) is 0.500. The number of Topliss-reactive ketones (excluding diaryl/α,β-unsaturated/α-hetero) is 1. The summed E-state index contributed by atoms with van der Waals surface area (Å²) in [5.41, 5.74) is 2.31. The molecule has 0 aliphatic carbocycles. The van der Waals surface area contributed by atoms with Crippen LogP contribution in [0.5, 0.6) is 0 Å². The van der Waals surface area contributed by atoms with E-state index in [2.05, 4.69) is 6.58 Å². The Morgan fingerprint density at radius 3 is 2.40 bits per heavy atom. The van der Waals surface area contributed by atoms with Gasteiger partial charge in [0.25, 0.3) is 0 Å². The molecule has 0 aromatic carbocycles. The number of rotatable bonds is 6. The van der Waals surface area contributed by atoms with E-state index in [0.29, 0.717) is 12.2 Å². The van der Waals surface area contributed by atoms with Crippen molar-refractivity contribution in [1.82, 2.24) is 0 Å². The molecule has 0 fully saturated rings. The molecule has 0 rings (SSSR count). The molecule has 1 nitrogen and oxygen atoms in total. The molecule has 0 aromatic heterocycles. The van der Waals surface area contributed by atoms with Gasteiger partial charge in [0, 0.05) is 12.3 Å². The van der Waals surface area contributed by atoms with Gasteiger partial charge in [-0.2, -0.15) is 0 Å². The van der Waals surface area contributed by atoms with Crippen LogP contribution in [0.25, 0.3) is 0 Å². The quantitative estimate of drug-likeness (QED) is 0.599. The normalized spacial score (nSPS) is 12.5. The van der Waals surface area contributed by atoms with Crippen molar-refractivity contribution in [3.05, 3.63) is 36.0 Å². The van der Waals surface area contributed by atoms with E-state index in [9.17, 15) is 4.79 Å². The summed E-state index contributed by atoms with van der Waals surface area (Å²) in [6.07, 6.45) is 7.05. The summed E-state index contributed by atoms with van der Waals surface area (Å²) in [5.74, 6) is 0.485. The van der Waals surface area contributed by atoms with Crippen LogP contribution in [-0.2, 0) is 4.79 Å². The van der Waals surface area contributed by atoms with E-state index in [1.54, 1.807) is 6.08 Å². The second-order valence-electron chi connectivity index (χ2n) is 4.07. The van der Waals surface area contributed by atoms with E-state index in [-0.39, 0.29) is 5.92 Å². The van der Waals surface area contributed by atoms with Crippen molar-refractivity contribution in [1.29, 1.82) is 0 Å². The maximum absolute atomic E-state index is 11.8. The summed E-state index contributed by atoms with van der Waals surface area (Å²) in [5, 5.41) is 0. The van der Waals surface area contributed by atoms with Gasteiger partial charge in [-0.15, -0.1) is 0 Å². The van der Waals surface area contributed by atoms with Crippen molar-refractivity contribution in [2.75, 3.05) is 0 Å². The predicted octanol–water partition coefficient (Wildman–Crippen LogP) is 4.07. The fourth-order valence-corrected chi connectivity index (χ4v) is 1.18. The average Bonchev–Trinajstić information content (AvgIpc) is 2.22. The minimum Gasteiger partial charge on any atom is -0.299 e. The molecule has 1 atom stereocenters. The average molecular weight is 206 g/mol. The molecule has 0 radical (unpaired) electrons. The van der Waals surface area contributed by atoms with Crippen LogP contribution in [0.3, 0.4) is 0 Å². The third kappa shape index (κ3) is 5.36. The fourth-order valence-electron chi connectivity index (χ4n) is 1.18. The van der Waals surface area contributed by atoms with Gasteiger partial charge in [0.1, 0.15) is 5.78 Å². The zero-order valence-electron chi connectivity index (χ0n) is 10.3. The number of hydrogen-bond donors (Lipinski definition) is 0. The summed E-state index contributed by atoms with van der Waals surface area (Å²) in [6.45, 7) is 11.7.